The number of benzene rings is 1. The molecule has 0 radical (unpaired) electrons. The molecule has 1 rings (SSSR count). The summed E-state index contributed by atoms with van der Waals surface area (Å²) >= 11 is 5.83. The Hall–Kier alpha value is -1.82. The standard InChI is InChI=1S/C13H15ClFNO4/c1-13(2,3)20-12(18)16-10-8(14)5-7(6-9(10)15)11(17)19-4/h5-6H,1-4H3,(H,16,18). The van der Waals surface area contributed by atoms with Crippen molar-refractivity contribution in [3.8, 4) is 0 Å². The van der Waals surface area contributed by atoms with Crippen molar-refractivity contribution >= 4 is 29.4 Å². The summed E-state index contributed by atoms with van der Waals surface area (Å²) < 4.78 is 23.3. The minimum absolute atomic E-state index is 0.0512. The number of ether oxygens (including phenoxy) is 2. The fourth-order valence-electron chi connectivity index (χ4n) is 1.33. The van der Waals surface area contributed by atoms with E-state index in [4.69, 9.17) is 16.3 Å². The van der Waals surface area contributed by atoms with Crippen LogP contribution < -0.4 is 5.32 Å². The zero-order chi connectivity index (χ0) is 15.5. The Balaban J connectivity index is 2.98. The van der Waals surface area contributed by atoms with Crippen LogP contribution >= 0.6 is 11.6 Å². The Kier molecular flexibility index (Phi) is 4.94. The summed E-state index contributed by atoms with van der Waals surface area (Å²) in [6.45, 7) is 5.01. The van der Waals surface area contributed by atoms with Crippen molar-refractivity contribution in [1.82, 2.24) is 0 Å². The lowest BCUT2D eigenvalue weighted by atomic mass is 10.2. The molecule has 1 amide bonds. The third-order valence-electron chi connectivity index (χ3n) is 2.09. The van der Waals surface area contributed by atoms with Gasteiger partial charge in [0.25, 0.3) is 0 Å². The number of hydrogen-bond donors (Lipinski definition) is 1. The number of anilines is 1. The molecule has 0 atom stereocenters. The van der Waals surface area contributed by atoms with E-state index in [9.17, 15) is 14.0 Å². The van der Waals surface area contributed by atoms with Gasteiger partial charge < -0.3 is 9.47 Å². The van der Waals surface area contributed by atoms with Crippen LogP contribution in [0.4, 0.5) is 14.9 Å². The molecule has 0 aliphatic heterocycles. The lowest BCUT2D eigenvalue weighted by Crippen LogP contribution is -2.27. The summed E-state index contributed by atoms with van der Waals surface area (Å²) in [6, 6.07) is 2.12. The molecule has 1 aromatic rings. The van der Waals surface area contributed by atoms with Gasteiger partial charge in [-0.05, 0) is 32.9 Å². The first-order valence-corrected chi connectivity index (χ1v) is 6.09. The van der Waals surface area contributed by atoms with E-state index in [0.717, 1.165) is 6.07 Å². The van der Waals surface area contributed by atoms with E-state index in [1.165, 1.54) is 13.2 Å². The highest BCUT2D eigenvalue weighted by atomic mass is 35.5. The molecule has 0 saturated carbocycles. The van der Waals surface area contributed by atoms with Gasteiger partial charge in [-0.15, -0.1) is 0 Å². The molecular formula is C13H15ClFNO4. The lowest BCUT2D eigenvalue weighted by molar-refractivity contribution is 0.0598. The summed E-state index contributed by atoms with van der Waals surface area (Å²) in [7, 11) is 1.17. The number of esters is 1. The van der Waals surface area contributed by atoms with Crippen molar-refractivity contribution in [2.45, 2.75) is 26.4 Å². The van der Waals surface area contributed by atoms with Gasteiger partial charge in [0.15, 0.2) is 0 Å². The number of amides is 1. The van der Waals surface area contributed by atoms with Crippen molar-refractivity contribution in [1.29, 1.82) is 0 Å². The highest BCUT2D eigenvalue weighted by Gasteiger charge is 2.20. The van der Waals surface area contributed by atoms with Crippen molar-refractivity contribution < 1.29 is 23.5 Å². The van der Waals surface area contributed by atoms with Crippen LogP contribution in [-0.2, 0) is 9.47 Å². The Morgan fingerprint density at radius 3 is 2.35 bits per heavy atom. The topological polar surface area (TPSA) is 64.6 Å². The van der Waals surface area contributed by atoms with Gasteiger partial charge in [0, 0.05) is 0 Å². The van der Waals surface area contributed by atoms with E-state index in [1.807, 2.05) is 0 Å². The van der Waals surface area contributed by atoms with Crippen LogP contribution in [0.1, 0.15) is 31.1 Å². The average Bonchev–Trinajstić information content (AvgIpc) is 2.30. The predicted molar refractivity (Wildman–Crippen MR) is 72.6 cm³/mol. The summed E-state index contributed by atoms with van der Waals surface area (Å²) in [5.41, 5.74) is -1.03. The number of rotatable bonds is 2. The number of carbonyl (C=O) groups is 2. The maximum Gasteiger partial charge on any atom is 0.412 e. The van der Waals surface area contributed by atoms with E-state index in [2.05, 4.69) is 10.1 Å². The molecule has 0 fully saturated rings. The second-order valence-electron chi connectivity index (χ2n) is 4.93. The largest absolute Gasteiger partial charge is 0.465 e. The Labute approximate surface area is 121 Å². The fourth-order valence-corrected chi connectivity index (χ4v) is 1.59. The molecule has 20 heavy (non-hydrogen) atoms. The van der Waals surface area contributed by atoms with Gasteiger partial charge in [-0.3, -0.25) is 5.32 Å². The average molecular weight is 304 g/mol. The highest BCUT2D eigenvalue weighted by molar-refractivity contribution is 6.34. The van der Waals surface area contributed by atoms with Crippen LogP contribution in [0.15, 0.2) is 12.1 Å². The van der Waals surface area contributed by atoms with Crippen LogP contribution in [0.25, 0.3) is 0 Å². The van der Waals surface area contributed by atoms with Crippen LogP contribution in [0.5, 0.6) is 0 Å². The number of hydrogen-bond acceptors (Lipinski definition) is 4. The normalized spacial score (nSPS) is 10.9. The lowest BCUT2D eigenvalue weighted by Gasteiger charge is -2.20. The maximum absolute atomic E-state index is 13.8. The molecule has 0 bridgehead atoms. The summed E-state index contributed by atoms with van der Waals surface area (Å²) in [4.78, 5) is 22.8. The Morgan fingerprint density at radius 2 is 1.90 bits per heavy atom. The van der Waals surface area contributed by atoms with E-state index in [0.29, 0.717) is 0 Å². The SMILES string of the molecule is COC(=O)c1cc(F)c(NC(=O)OC(C)(C)C)c(Cl)c1. The molecule has 0 saturated heterocycles. The van der Waals surface area contributed by atoms with Gasteiger partial charge in [-0.25, -0.2) is 14.0 Å². The first-order valence-electron chi connectivity index (χ1n) is 5.71. The van der Waals surface area contributed by atoms with E-state index < -0.39 is 23.5 Å². The molecule has 0 aliphatic carbocycles. The van der Waals surface area contributed by atoms with E-state index in [-0.39, 0.29) is 16.3 Å². The minimum atomic E-state index is -0.858. The van der Waals surface area contributed by atoms with Crippen molar-refractivity contribution in [2.75, 3.05) is 12.4 Å². The predicted octanol–water partition coefficient (Wildman–Crippen LogP) is 3.61. The number of methoxy groups -OCH3 is 1. The maximum atomic E-state index is 13.8. The number of halogens is 2. The van der Waals surface area contributed by atoms with Crippen LogP contribution in [0.3, 0.4) is 0 Å². The Bertz CT molecular complexity index is 517. The van der Waals surface area contributed by atoms with Crippen molar-refractivity contribution in [3.05, 3.63) is 28.5 Å². The number of carbonyl (C=O) groups excluding carboxylic acids is 2. The van der Waals surface area contributed by atoms with Gasteiger partial charge in [0.1, 0.15) is 11.4 Å². The smallest absolute Gasteiger partial charge is 0.412 e. The molecule has 7 heteroatoms. The molecule has 0 spiro atoms. The van der Waals surface area contributed by atoms with E-state index >= 15 is 0 Å². The van der Waals surface area contributed by atoms with Crippen molar-refractivity contribution in [2.24, 2.45) is 0 Å². The molecule has 1 N–H and O–H groups in total. The zero-order valence-electron chi connectivity index (χ0n) is 11.5. The Morgan fingerprint density at radius 1 is 1.30 bits per heavy atom. The minimum Gasteiger partial charge on any atom is -0.465 e. The van der Waals surface area contributed by atoms with Gasteiger partial charge in [-0.1, -0.05) is 11.6 Å². The fraction of sp³-hybridized carbons (Fsp3) is 0.385. The first kappa shape index (κ1) is 16.2. The van der Waals surface area contributed by atoms with Crippen molar-refractivity contribution in [3.63, 3.8) is 0 Å². The van der Waals surface area contributed by atoms with Crippen LogP contribution in [0, 0.1) is 5.82 Å². The van der Waals surface area contributed by atoms with Gasteiger partial charge >= 0.3 is 12.1 Å². The third kappa shape index (κ3) is 4.38. The summed E-state index contributed by atoms with van der Waals surface area (Å²) in [6.07, 6.45) is -0.843. The second-order valence-corrected chi connectivity index (χ2v) is 5.34. The molecule has 0 aliphatic rings. The van der Waals surface area contributed by atoms with Gasteiger partial charge in [0.2, 0.25) is 0 Å². The first-order chi connectivity index (χ1) is 9.14. The highest BCUT2D eigenvalue weighted by Crippen LogP contribution is 2.27. The number of nitrogens with one attached hydrogen (secondary N) is 1. The molecule has 1 aromatic carbocycles. The van der Waals surface area contributed by atoms with Crippen LogP contribution in [-0.4, -0.2) is 24.8 Å². The summed E-state index contributed by atoms with van der Waals surface area (Å²) in [5.74, 6) is -1.58. The van der Waals surface area contributed by atoms with Gasteiger partial charge in [-0.2, -0.15) is 0 Å². The monoisotopic (exact) mass is 303 g/mol. The quantitative estimate of drug-likeness (QED) is 0.848. The zero-order valence-corrected chi connectivity index (χ0v) is 12.3. The molecule has 5 nitrogen and oxygen atoms in total. The molecule has 0 aromatic heterocycles. The molecule has 110 valence electrons. The van der Waals surface area contributed by atoms with Gasteiger partial charge in [0.05, 0.1) is 23.4 Å². The summed E-state index contributed by atoms with van der Waals surface area (Å²) in [5, 5.41) is 2.07. The third-order valence-corrected chi connectivity index (χ3v) is 2.39. The molecular weight excluding hydrogens is 289 g/mol. The van der Waals surface area contributed by atoms with E-state index in [1.54, 1.807) is 20.8 Å². The van der Waals surface area contributed by atoms with Crippen LogP contribution in [0.2, 0.25) is 5.02 Å². The molecule has 0 unspecified atom stereocenters. The second kappa shape index (κ2) is 6.09. The molecule has 0 heterocycles.